The zero-order valence-corrected chi connectivity index (χ0v) is 29.8. The number of rotatable bonds is 9. The Morgan fingerprint density at radius 1 is 1.18 bits per heavy atom. The van der Waals surface area contributed by atoms with Crippen LogP contribution in [0, 0.1) is 11.7 Å². The van der Waals surface area contributed by atoms with Crippen molar-refractivity contribution in [1.29, 1.82) is 0 Å². The number of anilines is 1. The van der Waals surface area contributed by atoms with Gasteiger partial charge in [0.05, 0.1) is 17.3 Å². The molecule has 1 amide bonds. The second-order valence-corrected chi connectivity index (χ2v) is 14.7. The van der Waals surface area contributed by atoms with E-state index < -0.39 is 30.5 Å². The van der Waals surface area contributed by atoms with Crippen LogP contribution in [0.3, 0.4) is 0 Å². The van der Waals surface area contributed by atoms with E-state index >= 15 is 4.39 Å². The van der Waals surface area contributed by atoms with Gasteiger partial charge in [0.25, 0.3) is 0 Å². The fourth-order valence-electron chi connectivity index (χ4n) is 7.10. The Kier molecular flexibility index (Phi) is 8.67. The molecule has 2 atom stereocenters. The quantitative estimate of drug-likeness (QED) is 0.236. The van der Waals surface area contributed by atoms with Crippen LogP contribution in [0.5, 0.6) is 6.01 Å². The number of carbonyl (C=O) groups is 1. The van der Waals surface area contributed by atoms with Crippen LogP contribution in [-0.2, 0) is 4.74 Å². The predicted molar refractivity (Wildman–Crippen MR) is 166 cm³/mol. The molecule has 234 valence electrons. The molecule has 3 aliphatic rings. The Balaban J connectivity index is 1.28. The summed E-state index contributed by atoms with van der Waals surface area (Å²) in [6, 6.07) is 2.89. The molecule has 7 rings (SSSR count). The van der Waals surface area contributed by atoms with E-state index in [-0.39, 0.29) is 35.8 Å². The molecule has 0 unspecified atom stereocenters. The van der Waals surface area contributed by atoms with Crippen molar-refractivity contribution in [3.05, 3.63) is 35.4 Å². The van der Waals surface area contributed by atoms with Gasteiger partial charge in [-0.1, -0.05) is 11.6 Å². The third kappa shape index (κ3) is 5.79. The monoisotopic (exact) mass is 830 g/mol. The van der Waals surface area contributed by atoms with Gasteiger partial charge in [-0.2, -0.15) is 5.10 Å². The number of hydrogen-bond donors (Lipinski definition) is 2. The number of fused-ring (bicyclic) bond motifs is 3. The molecule has 45 heavy (non-hydrogen) atoms. The Morgan fingerprint density at radius 3 is 2.78 bits per heavy atom. The molecule has 2 N–H and O–H groups in total. The first-order chi connectivity index (χ1) is 21.9. The van der Waals surface area contributed by atoms with Crippen molar-refractivity contribution in [2.24, 2.45) is 5.92 Å². The molecule has 1 aromatic carbocycles. The predicted octanol–water partition coefficient (Wildman–Crippen LogP) is 4.46. The zero-order valence-electron chi connectivity index (χ0n) is 24.6. The minimum atomic E-state index is -0.657. The van der Waals surface area contributed by atoms with E-state index in [1.165, 1.54) is 6.20 Å². The van der Waals surface area contributed by atoms with Crippen molar-refractivity contribution in [1.82, 2.24) is 35.4 Å². The molecule has 0 aliphatic carbocycles. The van der Waals surface area contributed by atoms with Crippen molar-refractivity contribution in [2.75, 3.05) is 51.0 Å². The number of alkyl carbamates (subject to hydrolysis) is 1. The number of aromatic nitrogens is 5. The molecule has 0 spiro atoms. The normalized spacial score (nSPS) is 21.1. The first-order valence-corrected chi connectivity index (χ1v) is 18.8. The van der Waals surface area contributed by atoms with E-state index in [4.69, 9.17) is 26.1 Å². The average Bonchev–Trinajstić information content (AvgIpc) is 3.82. The van der Waals surface area contributed by atoms with Gasteiger partial charge >= 0.3 is 153 Å². The number of halogens is 3. The Morgan fingerprint density at radius 2 is 2.00 bits per heavy atom. The van der Waals surface area contributed by atoms with E-state index in [0.29, 0.717) is 45.9 Å². The third-order valence-corrected chi connectivity index (χ3v) is 10.4. The summed E-state index contributed by atoms with van der Waals surface area (Å²) >= 11 is 7.09. The van der Waals surface area contributed by atoms with Crippen molar-refractivity contribution in [3.8, 4) is 17.3 Å². The standard InChI is InChI=1S/C30H32ClF2N8O3.Tl/c1-2-43-29(42)36-23-15-40(14-17(23)11-32)27-21-12-34-25(19-9-18(31)10-22-20(19)13-35-39-22)24(33)26(21)37-28(38-27)44-16-30-5-3-7-41(30)8-4-6-30;/h9-10,12-13,17,23H,1-8,11,14-16H2,(H,35,39)(H,36,42);/t17-,23+;/m1./s1. The van der Waals surface area contributed by atoms with E-state index in [1.54, 1.807) is 18.3 Å². The van der Waals surface area contributed by atoms with Crippen LogP contribution >= 0.6 is 11.6 Å². The second kappa shape index (κ2) is 12.7. The molecule has 4 aromatic rings. The summed E-state index contributed by atoms with van der Waals surface area (Å²) in [6.07, 6.45) is 6.82. The van der Waals surface area contributed by atoms with Crippen molar-refractivity contribution < 1.29 is 23.0 Å². The maximum absolute atomic E-state index is 16.6. The van der Waals surface area contributed by atoms with Gasteiger partial charge < -0.3 is 0 Å². The van der Waals surface area contributed by atoms with Crippen LogP contribution in [0.1, 0.15) is 25.7 Å². The van der Waals surface area contributed by atoms with Gasteiger partial charge in [0, 0.05) is 16.0 Å². The van der Waals surface area contributed by atoms with Crippen LogP contribution < -0.4 is 15.0 Å². The van der Waals surface area contributed by atoms with Gasteiger partial charge in [0.15, 0.2) is 0 Å². The Bertz CT molecular complexity index is 1730. The molecule has 0 saturated carbocycles. The zero-order chi connectivity index (χ0) is 31.1. The van der Waals surface area contributed by atoms with Gasteiger partial charge in [-0.15, -0.1) is 0 Å². The minimum absolute atomic E-state index is 0.0318. The molecular formula is C30H32ClF2N8O3Tl. The number of aromatic amines is 1. The van der Waals surface area contributed by atoms with E-state index in [1.807, 2.05) is 4.90 Å². The van der Waals surface area contributed by atoms with Crippen LogP contribution in [0.25, 0.3) is 33.1 Å². The summed E-state index contributed by atoms with van der Waals surface area (Å²) in [5.74, 6) is -0.792. The number of benzene rings is 1. The Hall–Kier alpha value is -2.92. The van der Waals surface area contributed by atoms with Crippen molar-refractivity contribution in [2.45, 2.75) is 41.2 Å². The van der Waals surface area contributed by atoms with E-state index in [9.17, 15) is 9.18 Å². The van der Waals surface area contributed by atoms with Crippen LogP contribution in [0.15, 0.2) is 24.5 Å². The molecule has 3 aromatic heterocycles. The number of hydrogen-bond acceptors (Lipinski definition) is 9. The number of H-pyrrole nitrogens is 1. The molecule has 15 heteroatoms. The number of pyridine rings is 1. The summed E-state index contributed by atoms with van der Waals surface area (Å²) < 4.78 is 43.2. The first kappa shape index (κ1) is 30.7. The van der Waals surface area contributed by atoms with Crippen molar-refractivity contribution >= 4 is 71.1 Å². The SMILES string of the molecule is O=C(N[C@H]1CN(c2nc(OCC34CCCN3CCC4)nc3c(F)c(-c4cc(Cl)cc5[nH]ncc45)ncc23)C[C@H]1CF)OC[CH2][Tl]. The molecule has 3 aliphatic heterocycles. The summed E-state index contributed by atoms with van der Waals surface area (Å²) in [5.41, 5.74) is 1.14. The molecule has 0 bridgehead atoms. The maximum atomic E-state index is 16.6. The molecule has 11 nitrogen and oxygen atoms in total. The van der Waals surface area contributed by atoms with Crippen LogP contribution in [-0.4, -0.2) is 120 Å². The van der Waals surface area contributed by atoms with E-state index in [2.05, 4.69) is 30.4 Å². The summed E-state index contributed by atoms with van der Waals surface area (Å²) in [5, 5.41) is 11.2. The topological polar surface area (TPSA) is 121 Å². The number of ether oxygens (including phenoxy) is 2. The molecular weight excluding hydrogens is 798 g/mol. The number of amides is 1. The van der Waals surface area contributed by atoms with Gasteiger partial charge in [-0.05, 0) is 50.9 Å². The van der Waals surface area contributed by atoms with E-state index in [0.717, 1.165) is 68.5 Å². The average molecular weight is 830 g/mol. The molecule has 3 fully saturated rings. The third-order valence-electron chi connectivity index (χ3n) is 9.30. The number of nitrogens with one attached hydrogen (secondary N) is 2. The number of nitrogens with zero attached hydrogens (tertiary/aromatic N) is 6. The van der Waals surface area contributed by atoms with Gasteiger partial charge in [0.1, 0.15) is 12.3 Å². The van der Waals surface area contributed by atoms with Crippen molar-refractivity contribution in [3.63, 3.8) is 0 Å². The van der Waals surface area contributed by atoms with Gasteiger partial charge in [-0.25, -0.2) is 4.39 Å². The molecule has 3 saturated heterocycles. The number of carbonyl (C=O) groups excluding carboxylic acids is 1. The summed E-state index contributed by atoms with van der Waals surface area (Å²) in [4.78, 5) is 30.5. The van der Waals surface area contributed by atoms with Crippen LogP contribution in [0.2, 0.25) is 9.00 Å². The number of alkyl halides is 1. The Labute approximate surface area is 279 Å². The van der Waals surface area contributed by atoms with Gasteiger partial charge in [-0.3, -0.25) is 10.00 Å². The summed E-state index contributed by atoms with van der Waals surface area (Å²) in [7, 11) is 0. The second-order valence-electron chi connectivity index (χ2n) is 12.0. The fourth-order valence-corrected chi connectivity index (χ4v) is 7.77. The fraction of sp³-hybridized carbons (Fsp3) is 0.500. The molecule has 6 heterocycles. The first-order valence-electron chi connectivity index (χ1n) is 15.2. The van der Waals surface area contributed by atoms with Gasteiger partial charge in [0.2, 0.25) is 0 Å². The van der Waals surface area contributed by atoms with Crippen LogP contribution in [0.4, 0.5) is 19.4 Å². The summed E-state index contributed by atoms with van der Waals surface area (Å²) in [6.45, 7) is 2.66. The molecule has 0 radical (unpaired) electrons.